The lowest BCUT2D eigenvalue weighted by molar-refractivity contribution is 0.0834. The Hall–Kier alpha value is -0.370. The molecule has 21 heavy (non-hydrogen) atoms. The van der Waals surface area contributed by atoms with E-state index in [1.165, 1.54) is 6.07 Å². The highest BCUT2D eigenvalue weighted by molar-refractivity contribution is 7.89. The summed E-state index contributed by atoms with van der Waals surface area (Å²) in [6, 6.07) is 2.98. The Labute approximate surface area is 136 Å². The third-order valence-electron chi connectivity index (χ3n) is 2.58. The molecule has 0 saturated carbocycles. The molecule has 0 amide bonds. The van der Waals surface area contributed by atoms with E-state index in [0.29, 0.717) is 23.7 Å². The third-order valence-corrected chi connectivity index (χ3v) is 4.84. The minimum absolute atomic E-state index is 0.0218. The van der Waals surface area contributed by atoms with Crippen molar-refractivity contribution in [2.45, 2.75) is 31.4 Å². The third kappa shape index (κ3) is 5.73. The van der Waals surface area contributed by atoms with Crippen LogP contribution in [0.15, 0.2) is 17.0 Å². The van der Waals surface area contributed by atoms with Gasteiger partial charge in [-0.2, -0.15) is 0 Å². The Kier molecular flexibility index (Phi) is 7.39. The Balaban J connectivity index is 2.92. The molecule has 1 aromatic carbocycles. The molecule has 0 saturated heterocycles. The van der Waals surface area contributed by atoms with Crippen LogP contribution in [-0.4, -0.2) is 34.7 Å². The number of benzene rings is 1. The van der Waals surface area contributed by atoms with Crippen LogP contribution < -0.4 is 10.0 Å². The fraction of sp³-hybridized carbons (Fsp3) is 0.538. The molecule has 0 aliphatic carbocycles. The van der Waals surface area contributed by atoms with Crippen molar-refractivity contribution in [1.82, 2.24) is 10.0 Å². The van der Waals surface area contributed by atoms with E-state index in [1.807, 2.05) is 13.8 Å². The van der Waals surface area contributed by atoms with Crippen LogP contribution in [0.1, 0.15) is 19.4 Å². The molecule has 120 valence electrons. The highest BCUT2D eigenvalue weighted by Gasteiger charge is 2.20. The van der Waals surface area contributed by atoms with Gasteiger partial charge in [0.2, 0.25) is 10.0 Å². The SMILES string of the molecule is CNCc1cc(Cl)cc(S(=O)(=O)NCCOC(C)C)c1Cl. The van der Waals surface area contributed by atoms with Crippen molar-refractivity contribution in [2.24, 2.45) is 0 Å². The van der Waals surface area contributed by atoms with Crippen LogP contribution in [0.2, 0.25) is 10.0 Å². The predicted octanol–water partition coefficient (Wildman–Crippen LogP) is 2.42. The lowest BCUT2D eigenvalue weighted by Gasteiger charge is -2.13. The predicted molar refractivity (Wildman–Crippen MR) is 85.5 cm³/mol. The summed E-state index contributed by atoms with van der Waals surface area (Å²) in [6.07, 6.45) is 0.0477. The minimum atomic E-state index is -3.73. The van der Waals surface area contributed by atoms with E-state index in [4.69, 9.17) is 27.9 Å². The molecular weight excluding hydrogens is 335 g/mol. The van der Waals surface area contributed by atoms with Gasteiger partial charge in [0.05, 0.1) is 17.7 Å². The zero-order chi connectivity index (χ0) is 16.0. The molecular formula is C13H20Cl2N2O3S. The van der Waals surface area contributed by atoms with Crippen LogP contribution in [0.3, 0.4) is 0 Å². The van der Waals surface area contributed by atoms with Crippen LogP contribution in [0.25, 0.3) is 0 Å². The van der Waals surface area contributed by atoms with E-state index in [-0.39, 0.29) is 22.6 Å². The van der Waals surface area contributed by atoms with Crippen molar-refractivity contribution >= 4 is 33.2 Å². The largest absolute Gasteiger partial charge is 0.377 e. The van der Waals surface area contributed by atoms with Crippen LogP contribution in [0.4, 0.5) is 0 Å². The summed E-state index contributed by atoms with van der Waals surface area (Å²) in [4.78, 5) is -0.0218. The molecule has 0 atom stereocenters. The first-order valence-corrected chi connectivity index (χ1v) is 8.75. The normalized spacial score (nSPS) is 12.1. The second-order valence-electron chi connectivity index (χ2n) is 4.72. The van der Waals surface area contributed by atoms with Gasteiger partial charge in [-0.25, -0.2) is 13.1 Å². The zero-order valence-corrected chi connectivity index (χ0v) is 14.6. The number of hydrogen-bond donors (Lipinski definition) is 2. The van der Waals surface area contributed by atoms with E-state index >= 15 is 0 Å². The Bertz CT molecular complexity index is 577. The van der Waals surface area contributed by atoms with E-state index in [1.54, 1.807) is 13.1 Å². The standard InChI is InChI=1S/C13H20Cl2N2O3S/c1-9(2)20-5-4-17-21(18,19)12-7-11(14)6-10(8-16-3)13(12)15/h6-7,9,16-17H,4-5,8H2,1-3H3. The molecule has 0 bridgehead atoms. The van der Waals surface area contributed by atoms with Gasteiger partial charge < -0.3 is 10.1 Å². The van der Waals surface area contributed by atoms with Crippen molar-refractivity contribution in [3.05, 3.63) is 27.7 Å². The molecule has 0 fully saturated rings. The van der Waals surface area contributed by atoms with Gasteiger partial charge in [-0.1, -0.05) is 23.2 Å². The van der Waals surface area contributed by atoms with Gasteiger partial charge in [-0.05, 0) is 38.6 Å². The maximum atomic E-state index is 12.3. The van der Waals surface area contributed by atoms with Gasteiger partial charge in [-0.3, -0.25) is 0 Å². The van der Waals surface area contributed by atoms with Crippen LogP contribution in [-0.2, 0) is 21.3 Å². The summed E-state index contributed by atoms with van der Waals surface area (Å²) in [5.74, 6) is 0. The quantitative estimate of drug-likeness (QED) is 0.703. The number of sulfonamides is 1. The highest BCUT2D eigenvalue weighted by Crippen LogP contribution is 2.29. The molecule has 0 aliphatic rings. The first-order valence-electron chi connectivity index (χ1n) is 6.51. The monoisotopic (exact) mass is 354 g/mol. The average molecular weight is 355 g/mol. The zero-order valence-electron chi connectivity index (χ0n) is 12.2. The fourth-order valence-corrected chi connectivity index (χ4v) is 3.62. The molecule has 2 N–H and O–H groups in total. The van der Waals surface area contributed by atoms with E-state index in [2.05, 4.69) is 10.0 Å². The lowest BCUT2D eigenvalue weighted by atomic mass is 10.2. The first-order chi connectivity index (χ1) is 9.77. The number of rotatable bonds is 8. The molecule has 0 aliphatic heterocycles. The molecule has 8 heteroatoms. The lowest BCUT2D eigenvalue weighted by Crippen LogP contribution is -2.28. The molecule has 1 aromatic rings. The maximum absolute atomic E-state index is 12.3. The molecule has 0 heterocycles. The van der Waals surface area contributed by atoms with Crippen molar-refractivity contribution in [3.63, 3.8) is 0 Å². The van der Waals surface area contributed by atoms with E-state index in [9.17, 15) is 8.42 Å². The average Bonchev–Trinajstić information content (AvgIpc) is 2.38. The first kappa shape index (κ1) is 18.7. The van der Waals surface area contributed by atoms with E-state index < -0.39 is 10.0 Å². The van der Waals surface area contributed by atoms with Crippen LogP contribution in [0.5, 0.6) is 0 Å². The Morgan fingerprint density at radius 2 is 1.95 bits per heavy atom. The molecule has 5 nitrogen and oxygen atoms in total. The van der Waals surface area contributed by atoms with Gasteiger partial charge in [0.15, 0.2) is 0 Å². The topological polar surface area (TPSA) is 67.4 Å². The molecule has 1 rings (SSSR count). The van der Waals surface area contributed by atoms with Gasteiger partial charge >= 0.3 is 0 Å². The van der Waals surface area contributed by atoms with E-state index in [0.717, 1.165) is 0 Å². The van der Waals surface area contributed by atoms with Crippen molar-refractivity contribution in [1.29, 1.82) is 0 Å². The number of halogens is 2. The Morgan fingerprint density at radius 3 is 2.52 bits per heavy atom. The molecule has 0 unspecified atom stereocenters. The summed E-state index contributed by atoms with van der Waals surface area (Å²) in [5.41, 5.74) is 0.630. The van der Waals surface area contributed by atoms with Crippen molar-refractivity contribution < 1.29 is 13.2 Å². The maximum Gasteiger partial charge on any atom is 0.242 e. The van der Waals surface area contributed by atoms with Crippen molar-refractivity contribution in [2.75, 3.05) is 20.2 Å². The van der Waals surface area contributed by atoms with Crippen LogP contribution >= 0.6 is 23.2 Å². The van der Waals surface area contributed by atoms with Crippen molar-refractivity contribution in [3.8, 4) is 0 Å². The Morgan fingerprint density at radius 1 is 1.29 bits per heavy atom. The number of hydrogen-bond acceptors (Lipinski definition) is 4. The second-order valence-corrected chi connectivity index (χ2v) is 7.27. The summed E-state index contributed by atoms with van der Waals surface area (Å²) < 4.78 is 32.3. The van der Waals surface area contributed by atoms with Gasteiger partial charge in [0.25, 0.3) is 0 Å². The second kappa shape index (κ2) is 8.31. The molecule has 0 aromatic heterocycles. The van der Waals surface area contributed by atoms with Crippen LogP contribution in [0, 0.1) is 0 Å². The van der Waals surface area contributed by atoms with Gasteiger partial charge in [0.1, 0.15) is 4.90 Å². The van der Waals surface area contributed by atoms with Gasteiger partial charge in [-0.15, -0.1) is 0 Å². The molecule has 0 spiro atoms. The summed E-state index contributed by atoms with van der Waals surface area (Å²) in [5, 5.41) is 3.41. The number of ether oxygens (including phenoxy) is 1. The molecule has 0 radical (unpaired) electrons. The van der Waals surface area contributed by atoms with Gasteiger partial charge in [0, 0.05) is 18.1 Å². The minimum Gasteiger partial charge on any atom is -0.377 e. The summed E-state index contributed by atoms with van der Waals surface area (Å²) >= 11 is 12.1. The number of nitrogens with one attached hydrogen (secondary N) is 2. The smallest absolute Gasteiger partial charge is 0.242 e. The summed E-state index contributed by atoms with van der Waals surface area (Å²) in [7, 11) is -1.98. The fourth-order valence-electron chi connectivity index (χ4n) is 1.68. The highest BCUT2D eigenvalue weighted by atomic mass is 35.5. The summed E-state index contributed by atoms with van der Waals surface area (Å²) in [6.45, 7) is 4.65.